The summed E-state index contributed by atoms with van der Waals surface area (Å²) in [4.78, 5) is 26.3. The first-order valence-corrected chi connectivity index (χ1v) is 8.98. The van der Waals surface area contributed by atoms with Crippen molar-refractivity contribution in [2.75, 3.05) is 18.0 Å². The van der Waals surface area contributed by atoms with Crippen LogP contribution in [0.3, 0.4) is 0 Å². The van der Waals surface area contributed by atoms with E-state index in [1.165, 1.54) is 17.7 Å². The molecule has 1 N–H and O–H groups in total. The first-order chi connectivity index (χ1) is 12.6. The van der Waals surface area contributed by atoms with Crippen molar-refractivity contribution >= 4 is 17.5 Å². The average Bonchev–Trinajstić information content (AvgIpc) is 3.05. The normalized spacial score (nSPS) is 16.8. The van der Waals surface area contributed by atoms with E-state index < -0.39 is 0 Å². The Hall–Kier alpha value is -2.69. The van der Waals surface area contributed by atoms with Gasteiger partial charge in [-0.25, -0.2) is 4.39 Å². The molecule has 1 saturated heterocycles. The van der Waals surface area contributed by atoms with E-state index in [9.17, 15) is 14.0 Å². The van der Waals surface area contributed by atoms with Gasteiger partial charge in [0.25, 0.3) is 0 Å². The molecule has 0 aromatic heterocycles. The number of nitrogens with one attached hydrogen (secondary N) is 1. The number of benzene rings is 2. The van der Waals surface area contributed by atoms with Crippen LogP contribution >= 0.6 is 0 Å². The van der Waals surface area contributed by atoms with Crippen molar-refractivity contribution in [1.82, 2.24) is 5.32 Å². The predicted octanol–water partition coefficient (Wildman–Crippen LogP) is 3.10. The van der Waals surface area contributed by atoms with E-state index in [4.69, 9.17) is 0 Å². The van der Waals surface area contributed by atoms with Gasteiger partial charge in [0.1, 0.15) is 5.82 Å². The highest BCUT2D eigenvalue weighted by Crippen LogP contribution is 2.25. The summed E-state index contributed by atoms with van der Waals surface area (Å²) in [6.07, 6.45) is 1.82. The van der Waals surface area contributed by atoms with E-state index in [1.54, 1.807) is 17.0 Å². The quantitative estimate of drug-likeness (QED) is 0.867. The molecule has 0 bridgehead atoms. The van der Waals surface area contributed by atoms with Crippen LogP contribution in [-0.2, 0) is 22.4 Å². The van der Waals surface area contributed by atoms with Crippen LogP contribution in [-0.4, -0.2) is 24.9 Å². The van der Waals surface area contributed by atoms with Crippen molar-refractivity contribution in [3.63, 3.8) is 0 Å². The van der Waals surface area contributed by atoms with E-state index >= 15 is 0 Å². The summed E-state index contributed by atoms with van der Waals surface area (Å²) in [7, 11) is 0. The molecule has 0 aliphatic carbocycles. The molecule has 26 heavy (non-hydrogen) atoms. The monoisotopic (exact) mass is 354 g/mol. The molecule has 2 aromatic carbocycles. The van der Waals surface area contributed by atoms with Gasteiger partial charge < -0.3 is 10.2 Å². The Balaban J connectivity index is 1.52. The van der Waals surface area contributed by atoms with Gasteiger partial charge in [-0.1, -0.05) is 31.2 Å². The number of hydrogen-bond acceptors (Lipinski definition) is 2. The van der Waals surface area contributed by atoms with Gasteiger partial charge in [-0.2, -0.15) is 0 Å². The van der Waals surface area contributed by atoms with Gasteiger partial charge in [0, 0.05) is 25.2 Å². The molecule has 0 saturated carbocycles. The van der Waals surface area contributed by atoms with Crippen molar-refractivity contribution in [2.24, 2.45) is 5.92 Å². The third kappa shape index (κ3) is 4.28. The van der Waals surface area contributed by atoms with Crippen LogP contribution in [0.15, 0.2) is 48.5 Å². The van der Waals surface area contributed by atoms with Crippen LogP contribution in [0.1, 0.15) is 24.5 Å². The number of nitrogens with zero attached hydrogens (tertiary/aromatic N) is 1. The maximum absolute atomic E-state index is 12.9. The van der Waals surface area contributed by atoms with Crippen molar-refractivity contribution in [3.8, 4) is 0 Å². The summed E-state index contributed by atoms with van der Waals surface area (Å²) >= 11 is 0. The molecule has 3 rings (SSSR count). The largest absolute Gasteiger partial charge is 0.355 e. The highest BCUT2D eigenvalue weighted by atomic mass is 19.1. The van der Waals surface area contributed by atoms with Crippen LogP contribution in [0.5, 0.6) is 0 Å². The number of anilines is 1. The van der Waals surface area contributed by atoms with Gasteiger partial charge in [-0.15, -0.1) is 0 Å². The van der Waals surface area contributed by atoms with Crippen LogP contribution in [0.2, 0.25) is 0 Å². The smallest absolute Gasteiger partial charge is 0.227 e. The molecular formula is C21H23FN2O2. The fraction of sp³-hybridized carbons (Fsp3) is 0.333. The van der Waals surface area contributed by atoms with Crippen molar-refractivity contribution in [2.45, 2.75) is 26.2 Å². The van der Waals surface area contributed by atoms with Crippen molar-refractivity contribution in [1.29, 1.82) is 0 Å². The Kier molecular flexibility index (Phi) is 5.66. The number of hydrogen-bond donors (Lipinski definition) is 1. The highest BCUT2D eigenvalue weighted by Gasteiger charge is 2.34. The molecule has 1 atom stereocenters. The Labute approximate surface area is 153 Å². The van der Waals surface area contributed by atoms with Crippen LogP contribution in [0.4, 0.5) is 10.1 Å². The molecule has 0 spiro atoms. The van der Waals surface area contributed by atoms with E-state index in [2.05, 4.69) is 12.2 Å². The number of carbonyl (C=O) groups is 2. The maximum atomic E-state index is 12.9. The minimum Gasteiger partial charge on any atom is -0.355 e. The van der Waals surface area contributed by atoms with E-state index in [0.717, 1.165) is 17.7 Å². The second kappa shape index (κ2) is 8.13. The summed E-state index contributed by atoms with van der Waals surface area (Å²) in [5.74, 6) is -0.725. The second-order valence-electron chi connectivity index (χ2n) is 6.59. The average molecular weight is 354 g/mol. The molecule has 2 amide bonds. The Morgan fingerprint density at radius 3 is 2.42 bits per heavy atom. The molecule has 1 fully saturated rings. The Morgan fingerprint density at radius 1 is 1.12 bits per heavy atom. The van der Waals surface area contributed by atoms with E-state index in [0.29, 0.717) is 19.5 Å². The molecule has 5 heteroatoms. The van der Waals surface area contributed by atoms with E-state index in [1.807, 2.05) is 24.3 Å². The topological polar surface area (TPSA) is 49.4 Å². The summed E-state index contributed by atoms with van der Waals surface area (Å²) < 4.78 is 12.9. The zero-order valence-corrected chi connectivity index (χ0v) is 14.9. The third-order valence-electron chi connectivity index (χ3n) is 4.78. The lowest BCUT2D eigenvalue weighted by atomic mass is 10.1. The standard InChI is InChI=1S/C21H23FN2O2/c1-2-15-5-9-19(10-6-15)24-14-17(13-20(24)25)21(26)23-12-11-16-3-7-18(22)8-4-16/h3-10,17H,2,11-14H2,1H3,(H,23,26). The second-order valence-corrected chi connectivity index (χ2v) is 6.59. The molecule has 0 radical (unpaired) electrons. The van der Waals surface area contributed by atoms with Gasteiger partial charge in [0.2, 0.25) is 11.8 Å². The van der Waals surface area contributed by atoms with Gasteiger partial charge in [0.15, 0.2) is 0 Å². The maximum Gasteiger partial charge on any atom is 0.227 e. The zero-order valence-electron chi connectivity index (χ0n) is 14.9. The predicted molar refractivity (Wildman–Crippen MR) is 99.4 cm³/mol. The molecule has 4 nitrogen and oxygen atoms in total. The molecule has 136 valence electrons. The zero-order chi connectivity index (χ0) is 18.5. The molecule has 2 aromatic rings. The van der Waals surface area contributed by atoms with Gasteiger partial charge in [-0.3, -0.25) is 9.59 Å². The van der Waals surface area contributed by atoms with Crippen molar-refractivity contribution in [3.05, 3.63) is 65.5 Å². The molecule has 1 aliphatic rings. The van der Waals surface area contributed by atoms with Gasteiger partial charge in [0.05, 0.1) is 5.92 Å². The number of carbonyl (C=O) groups excluding carboxylic acids is 2. The number of halogens is 1. The van der Waals surface area contributed by atoms with Gasteiger partial charge in [-0.05, 0) is 48.2 Å². The van der Waals surface area contributed by atoms with Gasteiger partial charge >= 0.3 is 0 Å². The SMILES string of the molecule is CCc1ccc(N2CC(C(=O)NCCc3ccc(F)cc3)CC2=O)cc1. The number of amides is 2. The Morgan fingerprint density at radius 2 is 1.77 bits per heavy atom. The molecule has 1 unspecified atom stereocenters. The fourth-order valence-electron chi connectivity index (χ4n) is 3.17. The fourth-order valence-corrected chi connectivity index (χ4v) is 3.17. The summed E-state index contributed by atoms with van der Waals surface area (Å²) in [6.45, 7) is 2.97. The van der Waals surface area contributed by atoms with Crippen molar-refractivity contribution < 1.29 is 14.0 Å². The molecule has 1 heterocycles. The highest BCUT2D eigenvalue weighted by molar-refractivity contribution is 6.00. The lowest BCUT2D eigenvalue weighted by molar-refractivity contribution is -0.126. The van der Waals surface area contributed by atoms with Crippen LogP contribution in [0.25, 0.3) is 0 Å². The first-order valence-electron chi connectivity index (χ1n) is 8.98. The lowest BCUT2D eigenvalue weighted by Crippen LogP contribution is -2.34. The first kappa shape index (κ1) is 18.1. The van der Waals surface area contributed by atoms with E-state index in [-0.39, 0.29) is 30.0 Å². The van der Waals surface area contributed by atoms with Crippen LogP contribution in [0, 0.1) is 11.7 Å². The summed E-state index contributed by atoms with van der Waals surface area (Å²) in [5.41, 5.74) is 3.02. The van der Waals surface area contributed by atoms with Crippen LogP contribution < -0.4 is 10.2 Å². The third-order valence-corrected chi connectivity index (χ3v) is 4.78. The number of rotatable bonds is 6. The Bertz CT molecular complexity index is 772. The minimum absolute atomic E-state index is 0.0204. The molecule has 1 aliphatic heterocycles. The minimum atomic E-state index is -0.332. The number of aryl methyl sites for hydroxylation is 1. The lowest BCUT2D eigenvalue weighted by Gasteiger charge is -2.17. The summed E-state index contributed by atoms with van der Waals surface area (Å²) in [6, 6.07) is 14.1. The molecular weight excluding hydrogens is 331 g/mol. The summed E-state index contributed by atoms with van der Waals surface area (Å²) in [5, 5.41) is 2.89.